The van der Waals surface area contributed by atoms with Gasteiger partial charge in [-0.25, -0.2) is 9.97 Å². The molecule has 6 heteroatoms. The summed E-state index contributed by atoms with van der Waals surface area (Å²) in [5.41, 5.74) is 1.98. The van der Waals surface area contributed by atoms with E-state index in [-0.39, 0.29) is 0 Å². The first kappa shape index (κ1) is 12.0. The molecule has 0 unspecified atom stereocenters. The average Bonchev–Trinajstić information content (AvgIpc) is 2.75. The minimum Gasteiger partial charge on any atom is -0.434 e. The topological polar surface area (TPSA) is 38.9 Å². The van der Waals surface area contributed by atoms with Gasteiger partial charge in [-0.1, -0.05) is 29.3 Å². The molecule has 3 nitrogen and oxygen atoms in total. The van der Waals surface area contributed by atoms with Crippen molar-refractivity contribution in [2.24, 2.45) is 0 Å². The molecule has 0 N–H and O–H groups in total. The number of halogens is 3. The zero-order valence-electron chi connectivity index (χ0n) is 8.82. The number of pyridine rings is 1. The van der Waals surface area contributed by atoms with Crippen molar-refractivity contribution in [3.8, 4) is 11.5 Å². The molecule has 1 aromatic carbocycles. The van der Waals surface area contributed by atoms with E-state index in [4.69, 9.17) is 27.6 Å². The summed E-state index contributed by atoms with van der Waals surface area (Å²) in [6.45, 7) is 0. The number of nitrogens with zero attached hydrogens (tertiary/aromatic N) is 2. The van der Waals surface area contributed by atoms with Crippen molar-refractivity contribution in [3.05, 3.63) is 45.1 Å². The molecular weight excluding hydrogens is 339 g/mol. The summed E-state index contributed by atoms with van der Waals surface area (Å²) in [6.07, 6.45) is 1.61. The first-order valence-corrected chi connectivity index (χ1v) is 6.56. The number of fused-ring (bicyclic) bond motifs is 1. The maximum absolute atomic E-state index is 6.13. The van der Waals surface area contributed by atoms with Crippen molar-refractivity contribution in [1.29, 1.82) is 0 Å². The summed E-state index contributed by atoms with van der Waals surface area (Å²) >= 11 is 15.4. The molecule has 0 amide bonds. The summed E-state index contributed by atoms with van der Waals surface area (Å²) in [5, 5.41) is 0.897. The molecule has 0 saturated heterocycles. The van der Waals surface area contributed by atoms with Crippen LogP contribution in [0.3, 0.4) is 0 Å². The lowest BCUT2D eigenvalue weighted by molar-refractivity contribution is 0.618. The molecule has 0 radical (unpaired) electrons. The van der Waals surface area contributed by atoms with Crippen molar-refractivity contribution in [3.63, 3.8) is 0 Å². The molecule has 0 fully saturated rings. The largest absolute Gasteiger partial charge is 0.434 e. The van der Waals surface area contributed by atoms with Gasteiger partial charge in [-0.3, -0.25) is 0 Å². The van der Waals surface area contributed by atoms with Crippen molar-refractivity contribution < 1.29 is 4.42 Å². The third kappa shape index (κ3) is 2.00. The Bertz CT molecular complexity index is 742. The molecule has 2 heterocycles. The molecule has 18 heavy (non-hydrogen) atoms. The van der Waals surface area contributed by atoms with Gasteiger partial charge in [0.2, 0.25) is 5.89 Å². The van der Waals surface area contributed by atoms with Crippen LogP contribution >= 0.6 is 39.1 Å². The Labute approximate surface area is 121 Å². The van der Waals surface area contributed by atoms with Crippen molar-refractivity contribution in [1.82, 2.24) is 9.97 Å². The van der Waals surface area contributed by atoms with Gasteiger partial charge < -0.3 is 4.42 Å². The molecular formula is C12H5BrCl2N2O. The van der Waals surface area contributed by atoms with Crippen LogP contribution in [0.4, 0.5) is 0 Å². The molecule has 2 aromatic heterocycles. The van der Waals surface area contributed by atoms with Crippen LogP contribution in [0.25, 0.3) is 22.6 Å². The summed E-state index contributed by atoms with van der Waals surface area (Å²) in [7, 11) is 0. The van der Waals surface area contributed by atoms with Crippen LogP contribution in [-0.2, 0) is 0 Å². The first-order valence-electron chi connectivity index (χ1n) is 5.01. The van der Waals surface area contributed by atoms with Gasteiger partial charge in [0.1, 0.15) is 10.1 Å². The van der Waals surface area contributed by atoms with Gasteiger partial charge in [0.25, 0.3) is 0 Å². The number of aromatic nitrogens is 2. The molecule has 0 aliphatic carbocycles. The zero-order valence-corrected chi connectivity index (χ0v) is 11.9. The normalized spacial score (nSPS) is 11.1. The molecule has 0 aliphatic rings. The maximum atomic E-state index is 6.13. The highest BCUT2D eigenvalue weighted by Gasteiger charge is 2.13. The van der Waals surface area contributed by atoms with Gasteiger partial charge in [0, 0.05) is 6.07 Å². The molecule has 0 spiro atoms. The Morgan fingerprint density at radius 3 is 2.89 bits per heavy atom. The Balaban J connectivity index is 2.22. The average molecular weight is 344 g/mol. The van der Waals surface area contributed by atoms with Crippen LogP contribution in [0.1, 0.15) is 0 Å². The summed E-state index contributed by atoms with van der Waals surface area (Å²) in [4.78, 5) is 8.44. The SMILES string of the molecule is Clc1cccc(-c2nc3cc(Br)ncc3o2)c1Cl. The minimum absolute atomic E-state index is 0.428. The van der Waals surface area contributed by atoms with Gasteiger partial charge in [-0.05, 0) is 28.1 Å². The van der Waals surface area contributed by atoms with Gasteiger partial charge in [0.15, 0.2) is 5.58 Å². The van der Waals surface area contributed by atoms with E-state index in [2.05, 4.69) is 25.9 Å². The second kappa shape index (κ2) is 4.53. The van der Waals surface area contributed by atoms with E-state index in [9.17, 15) is 0 Å². The lowest BCUT2D eigenvalue weighted by atomic mass is 10.2. The fraction of sp³-hybridized carbons (Fsp3) is 0. The van der Waals surface area contributed by atoms with Crippen LogP contribution in [0.2, 0.25) is 10.0 Å². The van der Waals surface area contributed by atoms with Crippen LogP contribution in [0, 0.1) is 0 Å². The zero-order chi connectivity index (χ0) is 12.7. The first-order chi connectivity index (χ1) is 8.65. The molecule has 0 aliphatic heterocycles. The van der Waals surface area contributed by atoms with E-state index in [1.54, 1.807) is 30.5 Å². The van der Waals surface area contributed by atoms with Crippen LogP contribution in [0.5, 0.6) is 0 Å². The van der Waals surface area contributed by atoms with Crippen molar-refractivity contribution >= 4 is 50.2 Å². The third-order valence-electron chi connectivity index (χ3n) is 2.42. The van der Waals surface area contributed by atoms with E-state index >= 15 is 0 Å². The van der Waals surface area contributed by atoms with Gasteiger partial charge in [0.05, 0.1) is 21.8 Å². The van der Waals surface area contributed by atoms with Gasteiger partial charge >= 0.3 is 0 Å². The number of hydrogen-bond donors (Lipinski definition) is 0. The molecule has 0 bridgehead atoms. The minimum atomic E-state index is 0.428. The standard InChI is InChI=1S/C12H5BrCl2N2O/c13-10-4-8-9(5-16-10)18-12(17-8)6-2-1-3-7(14)11(6)15/h1-5H. The van der Waals surface area contributed by atoms with Gasteiger partial charge in [-0.15, -0.1) is 0 Å². The molecule has 3 rings (SSSR count). The number of hydrogen-bond acceptors (Lipinski definition) is 3. The Morgan fingerprint density at radius 2 is 2.06 bits per heavy atom. The molecule has 90 valence electrons. The maximum Gasteiger partial charge on any atom is 0.228 e. The molecule has 0 saturated carbocycles. The highest BCUT2D eigenvalue weighted by Crippen LogP contribution is 2.34. The highest BCUT2D eigenvalue weighted by atomic mass is 79.9. The number of benzene rings is 1. The van der Waals surface area contributed by atoms with E-state index in [0.29, 0.717) is 37.2 Å². The number of rotatable bonds is 1. The Hall–Kier alpha value is -1.10. The lowest BCUT2D eigenvalue weighted by Gasteiger charge is -2.00. The van der Waals surface area contributed by atoms with E-state index in [1.165, 1.54) is 0 Å². The van der Waals surface area contributed by atoms with E-state index in [1.807, 2.05) is 0 Å². The summed E-state index contributed by atoms with van der Waals surface area (Å²) < 4.78 is 6.31. The molecule has 0 atom stereocenters. The van der Waals surface area contributed by atoms with E-state index in [0.717, 1.165) is 0 Å². The Morgan fingerprint density at radius 1 is 1.22 bits per heavy atom. The fourth-order valence-corrected chi connectivity index (χ4v) is 2.29. The summed E-state index contributed by atoms with van der Waals surface area (Å²) in [5.74, 6) is 0.428. The monoisotopic (exact) mass is 342 g/mol. The summed E-state index contributed by atoms with van der Waals surface area (Å²) in [6, 6.07) is 7.10. The smallest absolute Gasteiger partial charge is 0.228 e. The molecule has 3 aromatic rings. The van der Waals surface area contributed by atoms with Crippen LogP contribution < -0.4 is 0 Å². The fourth-order valence-electron chi connectivity index (χ4n) is 1.59. The van der Waals surface area contributed by atoms with E-state index < -0.39 is 0 Å². The predicted molar refractivity (Wildman–Crippen MR) is 75.0 cm³/mol. The van der Waals surface area contributed by atoms with Gasteiger partial charge in [-0.2, -0.15) is 0 Å². The quantitative estimate of drug-likeness (QED) is 0.586. The highest BCUT2D eigenvalue weighted by molar-refractivity contribution is 9.10. The van der Waals surface area contributed by atoms with Crippen molar-refractivity contribution in [2.75, 3.05) is 0 Å². The second-order valence-electron chi connectivity index (χ2n) is 3.60. The Kier molecular flexibility index (Phi) is 3.01. The van der Waals surface area contributed by atoms with Crippen molar-refractivity contribution in [2.45, 2.75) is 0 Å². The number of oxazole rings is 1. The van der Waals surface area contributed by atoms with Crippen LogP contribution in [0.15, 0.2) is 39.5 Å². The van der Waals surface area contributed by atoms with Crippen LogP contribution in [-0.4, -0.2) is 9.97 Å². The lowest BCUT2D eigenvalue weighted by Crippen LogP contribution is -1.80. The predicted octanol–water partition coefficient (Wildman–Crippen LogP) is 4.96. The third-order valence-corrected chi connectivity index (χ3v) is 3.68. The second-order valence-corrected chi connectivity index (χ2v) is 5.19.